The van der Waals surface area contributed by atoms with Gasteiger partial charge in [-0.25, -0.2) is 10.5 Å². The Morgan fingerprint density at radius 1 is 1.82 bits per heavy atom. The number of carbonyl (C=O) groups excluding carboxylic acids is 1. The summed E-state index contributed by atoms with van der Waals surface area (Å²) in [6.45, 7) is 0. The number of nitrogens with one attached hydrogen (secondary N) is 1. The fraction of sp³-hybridized carbons (Fsp3) is 0.333. The Balaban J connectivity index is 2.69. The van der Waals surface area contributed by atoms with Gasteiger partial charge in [-0.2, -0.15) is 0 Å². The molecule has 0 aliphatic carbocycles. The monoisotopic (exact) mass is 155 g/mol. The molecule has 1 aromatic rings. The smallest absolute Gasteiger partial charge is 0.294 e. The maximum atomic E-state index is 10.9. The molecule has 0 unspecified atom stereocenters. The highest BCUT2D eigenvalue weighted by atomic mass is 16.6. The van der Waals surface area contributed by atoms with Crippen LogP contribution in [-0.2, 0) is 11.9 Å². The Morgan fingerprint density at radius 2 is 2.55 bits per heavy atom. The number of carbonyl (C=O) groups is 1. The van der Waals surface area contributed by atoms with E-state index >= 15 is 0 Å². The van der Waals surface area contributed by atoms with Crippen molar-refractivity contribution in [1.29, 1.82) is 0 Å². The van der Waals surface area contributed by atoms with Crippen LogP contribution in [0, 0.1) is 0 Å². The van der Waals surface area contributed by atoms with Crippen molar-refractivity contribution in [2.75, 3.05) is 7.11 Å². The highest BCUT2D eigenvalue weighted by Gasteiger charge is 2.06. The molecule has 5 nitrogen and oxygen atoms in total. The van der Waals surface area contributed by atoms with Gasteiger partial charge < -0.3 is 4.57 Å². The molecule has 0 fully saturated rings. The van der Waals surface area contributed by atoms with Crippen LogP contribution in [0.3, 0.4) is 0 Å². The average Bonchev–Trinajstić information content (AvgIpc) is 2.36. The third kappa shape index (κ3) is 1.78. The van der Waals surface area contributed by atoms with Gasteiger partial charge in [0.1, 0.15) is 5.69 Å². The summed E-state index contributed by atoms with van der Waals surface area (Å²) in [5.41, 5.74) is 2.50. The van der Waals surface area contributed by atoms with Gasteiger partial charge in [-0.3, -0.25) is 9.63 Å². The zero-order valence-corrected chi connectivity index (χ0v) is 6.37. The number of hydrogen-bond acceptors (Lipinski definition) is 3. The van der Waals surface area contributed by atoms with Gasteiger partial charge in [0.25, 0.3) is 5.91 Å². The van der Waals surface area contributed by atoms with Crippen LogP contribution in [0.15, 0.2) is 12.5 Å². The first kappa shape index (κ1) is 7.74. The lowest BCUT2D eigenvalue weighted by atomic mass is 10.5. The molecule has 11 heavy (non-hydrogen) atoms. The number of aromatic nitrogens is 2. The summed E-state index contributed by atoms with van der Waals surface area (Å²) < 4.78 is 1.69. The third-order valence-corrected chi connectivity index (χ3v) is 1.13. The van der Waals surface area contributed by atoms with E-state index in [2.05, 4.69) is 15.3 Å². The van der Waals surface area contributed by atoms with Crippen LogP contribution in [-0.4, -0.2) is 22.6 Å². The molecule has 60 valence electrons. The van der Waals surface area contributed by atoms with Gasteiger partial charge in [-0.05, 0) is 0 Å². The van der Waals surface area contributed by atoms with Crippen molar-refractivity contribution in [3.8, 4) is 0 Å². The van der Waals surface area contributed by atoms with E-state index in [1.54, 1.807) is 24.1 Å². The van der Waals surface area contributed by atoms with Crippen LogP contribution in [0.1, 0.15) is 10.5 Å². The minimum Gasteiger partial charge on any atom is -0.340 e. The van der Waals surface area contributed by atoms with E-state index in [0.717, 1.165) is 0 Å². The van der Waals surface area contributed by atoms with E-state index in [-0.39, 0.29) is 5.91 Å². The molecule has 1 amide bonds. The lowest BCUT2D eigenvalue weighted by molar-refractivity contribution is 0.0533. The molecular formula is C6H9N3O2. The normalized spacial score (nSPS) is 9.64. The van der Waals surface area contributed by atoms with Crippen LogP contribution in [0.2, 0.25) is 0 Å². The highest BCUT2D eigenvalue weighted by Crippen LogP contribution is 1.92. The average molecular weight is 155 g/mol. The van der Waals surface area contributed by atoms with Gasteiger partial charge in [0.15, 0.2) is 0 Å². The van der Waals surface area contributed by atoms with Gasteiger partial charge in [-0.1, -0.05) is 0 Å². The van der Waals surface area contributed by atoms with E-state index in [1.165, 1.54) is 7.11 Å². The van der Waals surface area contributed by atoms with Gasteiger partial charge in [-0.15, -0.1) is 0 Å². The van der Waals surface area contributed by atoms with Crippen molar-refractivity contribution < 1.29 is 9.63 Å². The Morgan fingerprint density at radius 3 is 3.00 bits per heavy atom. The maximum Gasteiger partial charge on any atom is 0.294 e. The first-order valence-corrected chi connectivity index (χ1v) is 3.05. The number of imidazole rings is 1. The van der Waals surface area contributed by atoms with Crippen molar-refractivity contribution in [3.05, 3.63) is 18.2 Å². The molecule has 1 rings (SSSR count). The summed E-state index contributed by atoms with van der Waals surface area (Å²) >= 11 is 0. The fourth-order valence-corrected chi connectivity index (χ4v) is 0.675. The molecule has 0 saturated heterocycles. The third-order valence-electron chi connectivity index (χ3n) is 1.13. The minimum absolute atomic E-state index is 0.340. The largest absolute Gasteiger partial charge is 0.340 e. The molecule has 0 radical (unpaired) electrons. The summed E-state index contributed by atoms with van der Waals surface area (Å²) in [6, 6.07) is 0. The Labute approximate surface area is 63.9 Å². The second-order valence-corrected chi connectivity index (χ2v) is 2.06. The number of aryl methyl sites for hydroxylation is 1. The molecule has 0 aromatic carbocycles. The summed E-state index contributed by atoms with van der Waals surface area (Å²) in [5.74, 6) is -0.340. The highest BCUT2D eigenvalue weighted by molar-refractivity contribution is 5.91. The Kier molecular flexibility index (Phi) is 2.22. The summed E-state index contributed by atoms with van der Waals surface area (Å²) in [4.78, 5) is 19.2. The first-order chi connectivity index (χ1) is 5.24. The van der Waals surface area contributed by atoms with Crippen molar-refractivity contribution >= 4 is 5.91 Å². The first-order valence-electron chi connectivity index (χ1n) is 3.05. The molecule has 5 heteroatoms. The van der Waals surface area contributed by atoms with Gasteiger partial charge in [0.05, 0.1) is 13.4 Å². The van der Waals surface area contributed by atoms with E-state index in [9.17, 15) is 4.79 Å². The van der Waals surface area contributed by atoms with Crippen molar-refractivity contribution in [1.82, 2.24) is 15.0 Å². The van der Waals surface area contributed by atoms with E-state index in [0.29, 0.717) is 5.69 Å². The van der Waals surface area contributed by atoms with Gasteiger partial charge in [0, 0.05) is 13.2 Å². The minimum atomic E-state index is -0.340. The zero-order chi connectivity index (χ0) is 8.27. The molecule has 0 atom stereocenters. The number of amides is 1. The predicted octanol–water partition coefficient (Wildman–Crippen LogP) is -0.289. The number of hydroxylamine groups is 1. The van der Waals surface area contributed by atoms with Gasteiger partial charge >= 0.3 is 0 Å². The lowest BCUT2D eigenvalue weighted by Crippen LogP contribution is -2.21. The Bertz CT molecular complexity index is 256. The molecule has 1 aromatic heterocycles. The van der Waals surface area contributed by atoms with Gasteiger partial charge in [0.2, 0.25) is 0 Å². The van der Waals surface area contributed by atoms with Crippen LogP contribution in [0.5, 0.6) is 0 Å². The topological polar surface area (TPSA) is 56.1 Å². The molecule has 0 spiro atoms. The molecule has 0 saturated carbocycles. The zero-order valence-electron chi connectivity index (χ0n) is 6.37. The quantitative estimate of drug-likeness (QED) is 0.597. The van der Waals surface area contributed by atoms with Crippen LogP contribution in [0.4, 0.5) is 0 Å². The van der Waals surface area contributed by atoms with Crippen molar-refractivity contribution in [3.63, 3.8) is 0 Å². The van der Waals surface area contributed by atoms with Crippen LogP contribution < -0.4 is 5.48 Å². The van der Waals surface area contributed by atoms with Crippen molar-refractivity contribution in [2.45, 2.75) is 0 Å². The Hall–Kier alpha value is -1.36. The second kappa shape index (κ2) is 3.16. The van der Waals surface area contributed by atoms with E-state index < -0.39 is 0 Å². The van der Waals surface area contributed by atoms with E-state index in [1.807, 2.05) is 0 Å². The molecule has 1 N–H and O–H groups in total. The number of nitrogens with zero attached hydrogens (tertiary/aromatic N) is 2. The lowest BCUT2D eigenvalue weighted by Gasteiger charge is -1.95. The summed E-state index contributed by atoms with van der Waals surface area (Å²) in [5, 5.41) is 0. The molecule has 0 aliphatic heterocycles. The molecule has 1 heterocycles. The fourth-order valence-electron chi connectivity index (χ4n) is 0.675. The molecule has 0 aliphatic rings. The predicted molar refractivity (Wildman–Crippen MR) is 37.7 cm³/mol. The SMILES string of the molecule is CONC(=O)c1cn(C)cn1. The van der Waals surface area contributed by atoms with Crippen molar-refractivity contribution in [2.24, 2.45) is 7.05 Å². The summed E-state index contributed by atoms with van der Waals surface area (Å²) in [7, 11) is 3.16. The second-order valence-electron chi connectivity index (χ2n) is 2.06. The number of rotatable bonds is 2. The maximum absolute atomic E-state index is 10.9. The van der Waals surface area contributed by atoms with Crippen LogP contribution in [0.25, 0.3) is 0 Å². The standard InChI is InChI=1S/C6H9N3O2/c1-9-3-5(7-4-9)6(10)8-11-2/h3-4H,1-2H3,(H,8,10). The number of hydrogen-bond donors (Lipinski definition) is 1. The summed E-state index contributed by atoms with van der Waals surface area (Å²) in [6.07, 6.45) is 3.15. The molecule has 0 bridgehead atoms. The van der Waals surface area contributed by atoms with E-state index in [4.69, 9.17) is 0 Å². The molecular weight excluding hydrogens is 146 g/mol. The van der Waals surface area contributed by atoms with Crippen LogP contribution >= 0.6 is 0 Å².